The van der Waals surface area contributed by atoms with Crippen LogP contribution in [0.1, 0.15) is 41.2 Å². The van der Waals surface area contributed by atoms with Crippen molar-refractivity contribution in [1.29, 1.82) is 0 Å². The molecule has 2 fully saturated rings. The molecule has 5 rings (SSSR count). The number of ether oxygens (including phenoxy) is 2. The number of hydrogen-bond donors (Lipinski definition) is 1. The zero-order chi connectivity index (χ0) is 21.9. The maximum absolute atomic E-state index is 11.3. The fraction of sp³-hybridized carbons (Fsp3) is 0.478. The Morgan fingerprint density at radius 2 is 1.94 bits per heavy atom. The molecule has 0 atom stereocenters. The van der Waals surface area contributed by atoms with Gasteiger partial charge in [0, 0.05) is 49.0 Å². The van der Waals surface area contributed by atoms with E-state index in [9.17, 15) is 4.79 Å². The number of primary amides is 1. The van der Waals surface area contributed by atoms with Crippen molar-refractivity contribution in [2.24, 2.45) is 11.7 Å². The molecule has 0 unspecified atom stereocenters. The molecule has 2 aromatic heterocycles. The molecule has 3 aromatic rings. The lowest BCUT2D eigenvalue weighted by atomic mass is 9.85. The standard InChI is InChI=1S/C23H27N5O3S/c24-23(29)19-14-32-21(27-19)11-15-1-3-17(4-2-15)31-20-13-16(28-7-9-30-10-8-28)12-18-22(20)26-6-5-25-18/h5-6,12-15,17H,1-4,7-11H2,(H2,24,29). The highest BCUT2D eigenvalue weighted by Crippen LogP contribution is 2.35. The molecular formula is C23H27N5O3S. The number of amides is 1. The topological polar surface area (TPSA) is 103 Å². The number of fused-ring (bicyclic) bond motifs is 1. The maximum Gasteiger partial charge on any atom is 0.268 e. The number of carbonyl (C=O) groups is 1. The van der Waals surface area contributed by atoms with Crippen LogP contribution in [0.4, 0.5) is 5.69 Å². The van der Waals surface area contributed by atoms with Crippen molar-refractivity contribution in [2.75, 3.05) is 31.2 Å². The number of nitrogens with two attached hydrogens (primary N) is 1. The van der Waals surface area contributed by atoms with E-state index in [1.54, 1.807) is 17.8 Å². The second-order valence-electron chi connectivity index (χ2n) is 8.42. The van der Waals surface area contributed by atoms with Crippen molar-refractivity contribution < 1.29 is 14.3 Å². The van der Waals surface area contributed by atoms with Crippen LogP contribution < -0.4 is 15.4 Å². The van der Waals surface area contributed by atoms with Crippen molar-refractivity contribution >= 4 is 34.0 Å². The van der Waals surface area contributed by atoms with Crippen LogP contribution in [0.3, 0.4) is 0 Å². The SMILES string of the molecule is NC(=O)c1csc(CC2CCC(Oc3cc(N4CCOCC4)cc4nccnc34)CC2)n1. The fourth-order valence-electron chi connectivity index (χ4n) is 4.52. The van der Waals surface area contributed by atoms with Crippen LogP contribution in [0.2, 0.25) is 0 Å². The van der Waals surface area contributed by atoms with E-state index in [1.807, 2.05) is 0 Å². The van der Waals surface area contributed by atoms with E-state index in [2.05, 4.69) is 32.0 Å². The van der Waals surface area contributed by atoms with E-state index < -0.39 is 5.91 Å². The molecule has 1 aliphatic heterocycles. The fourth-order valence-corrected chi connectivity index (χ4v) is 5.42. The smallest absolute Gasteiger partial charge is 0.268 e. The highest BCUT2D eigenvalue weighted by atomic mass is 32.1. The third kappa shape index (κ3) is 4.68. The summed E-state index contributed by atoms with van der Waals surface area (Å²) in [4.78, 5) is 27.0. The molecule has 1 aliphatic carbocycles. The summed E-state index contributed by atoms with van der Waals surface area (Å²) in [6.07, 6.45) is 8.62. The summed E-state index contributed by atoms with van der Waals surface area (Å²) in [5.41, 5.74) is 8.47. The highest BCUT2D eigenvalue weighted by molar-refractivity contribution is 7.09. The van der Waals surface area contributed by atoms with Crippen LogP contribution in [0.5, 0.6) is 5.75 Å². The summed E-state index contributed by atoms with van der Waals surface area (Å²) in [5.74, 6) is 0.906. The Morgan fingerprint density at radius 1 is 1.16 bits per heavy atom. The van der Waals surface area contributed by atoms with Crippen LogP contribution in [-0.4, -0.2) is 53.3 Å². The molecule has 1 saturated carbocycles. The average molecular weight is 454 g/mol. The first-order valence-electron chi connectivity index (χ1n) is 11.1. The number of thiazole rings is 1. The van der Waals surface area contributed by atoms with Crippen molar-refractivity contribution in [2.45, 2.75) is 38.2 Å². The van der Waals surface area contributed by atoms with Gasteiger partial charge in [-0.05, 0) is 37.7 Å². The minimum atomic E-state index is -0.459. The summed E-state index contributed by atoms with van der Waals surface area (Å²) in [7, 11) is 0. The molecule has 0 bridgehead atoms. The van der Waals surface area contributed by atoms with Gasteiger partial charge in [0.25, 0.3) is 5.91 Å². The Labute approximate surface area is 190 Å². The zero-order valence-electron chi connectivity index (χ0n) is 17.9. The van der Waals surface area contributed by atoms with E-state index in [-0.39, 0.29) is 6.10 Å². The van der Waals surface area contributed by atoms with Crippen LogP contribution >= 0.6 is 11.3 Å². The lowest BCUT2D eigenvalue weighted by Gasteiger charge is -2.31. The molecule has 0 spiro atoms. The quantitative estimate of drug-likeness (QED) is 0.611. The van der Waals surface area contributed by atoms with Crippen LogP contribution in [0, 0.1) is 5.92 Å². The zero-order valence-corrected chi connectivity index (χ0v) is 18.7. The van der Waals surface area contributed by atoms with Gasteiger partial charge >= 0.3 is 0 Å². The summed E-state index contributed by atoms with van der Waals surface area (Å²) < 4.78 is 12.0. The van der Waals surface area contributed by atoms with Gasteiger partial charge in [0.05, 0.1) is 29.8 Å². The third-order valence-corrected chi connectivity index (χ3v) is 7.13. The Kier molecular flexibility index (Phi) is 6.18. The van der Waals surface area contributed by atoms with Crippen molar-refractivity contribution in [3.05, 3.63) is 40.6 Å². The molecule has 0 radical (unpaired) electrons. The van der Waals surface area contributed by atoms with E-state index in [4.69, 9.17) is 15.2 Å². The molecule has 3 heterocycles. The molecule has 1 aromatic carbocycles. The monoisotopic (exact) mass is 453 g/mol. The minimum absolute atomic E-state index is 0.161. The minimum Gasteiger partial charge on any atom is -0.488 e. The summed E-state index contributed by atoms with van der Waals surface area (Å²) in [6, 6.07) is 4.20. The van der Waals surface area contributed by atoms with Crippen LogP contribution in [-0.2, 0) is 11.2 Å². The first-order chi connectivity index (χ1) is 15.7. The summed E-state index contributed by atoms with van der Waals surface area (Å²) in [6.45, 7) is 3.20. The van der Waals surface area contributed by atoms with Gasteiger partial charge in [0.2, 0.25) is 0 Å². The number of morpholine rings is 1. The van der Waals surface area contributed by atoms with Crippen molar-refractivity contribution in [3.63, 3.8) is 0 Å². The van der Waals surface area contributed by atoms with E-state index in [0.717, 1.165) is 85.9 Å². The van der Waals surface area contributed by atoms with Gasteiger partial charge in [-0.2, -0.15) is 0 Å². The average Bonchev–Trinajstić information content (AvgIpc) is 3.30. The highest BCUT2D eigenvalue weighted by Gasteiger charge is 2.25. The Hall–Kier alpha value is -2.78. The number of rotatable bonds is 6. The predicted molar refractivity (Wildman–Crippen MR) is 123 cm³/mol. The molecular weight excluding hydrogens is 426 g/mol. The number of carbonyl (C=O) groups excluding carboxylic acids is 1. The molecule has 8 nitrogen and oxygen atoms in total. The first kappa shape index (κ1) is 21.1. The molecule has 1 saturated heterocycles. The number of hydrogen-bond acceptors (Lipinski definition) is 8. The summed E-state index contributed by atoms with van der Waals surface area (Å²) in [5, 5.41) is 2.74. The number of aromatic nitrogens is 3. The van der Waals surface area contributed by atoms with Crippen LogP contribution in [0.25, 0.3) is 11.0 Å². The Bertz CT molecular complexity index is 1090. The molecule has 9 heteroatoms. The second-order valence-corrected chi connectivity index (χ2v) is 9.37. The number of benzene rings is 1. The van der Waals surface area contributed by atoms with E-state index in [1.165, 1.54) is 11.3 Å². The summed E-state index contributed by atoms with van der Waals surface area (Å²) >= 11 is 1.52. The van der Waals surface area contributed by atoms with E-state index >= 15 is 0 Å². The molecule has 1 amide bonds. The number of anilines is 1. The van der Waals surface area contributed by atoms with Gasteiger partial charge in [-0.1, -0.05) is 0 Å². The van der Waals surface area contributed by atoms with Crippen LogP contribution in [0.15, 0.2) is 29.9 Å². The van der Waals surface area contributed by atoms with Crippen molar-refractivity contribution in [1.82, 2.24) is 15.0 Å². The van der Waals surface area contributed by atoms with Gasteiger partial charge in [-0.25, -0.2) is 9.97 Å². The molecule has 2 N–H and O–H groups in total. The van der Waals surface area contributed by atoms with Crippen molar-refractivity contribution in [3.8, 4) is 5.75 Å². The normalized spacial score (nSPS) is 21.6. The Morgan fingerprint density at radius 3 is 2.69 bits per heavy atom. The van der Waals surface area contributed by atoms with E-state index in [0.29, 0.717) is 11.6 Å². The second kappa shape index (κ2) is 9.38. The largest absolute Gasteiger partial charge is 0.488 e. The third-order valence-electron chi connectivity index (χ3n) is 6.25. The first-order valence-corrected chi connectivity index (χ1v) is 12.0. The lowest BCUT2D eigenvalue weighted by molar-refractivity contribution is 0.0996. The van der Waals surface area contributed by atoms with Gasteiger partial charge < -0.3 is 20.1 Å². The lowest BCUT2D eigenvalue weighted by Crippen LogP contribution is -2.36. The Balaban J connectivity index is 1.26. The van der Waals surface area contributed by atoms with Gasteiger partial charge in [-0.15, -0.1) is 11.3 Å². The molecule has 32 heavy (non-hydrogen) atoms. The predicted octanol–water partition coefficient (Wildman–Crippen LogP) is 3.20. The molecule has 168 valence electrons. The van der Waals surface area contributed by atoms with Gasteiger partial charge in [-0.3, -0.25) is 9.78 Å². The van der Waals surface area contributed by atoms with Gasteiger partial charge in [0.15, 0.2) is 0 Å². The van der Waals surface area contributed by atoms with Gasteiger partial charge in [0.1, 0.15) is 17.0 Å². The molecule has 2 aliphatic rings. The number of nitrogens with zero attached hydrogens (tertiary/aromatic N) is 4. The maximum atomic E-state index is 11.3.